The van der Waals surface area contributed by atoms with Crippen LogP contribution in [0.2, 0.25) is 0 Å². The molecule has 0 spiro atoms. The van der Waals surface area contributed by atoms with Gasteiger partial charge in [0, 0.05) is 31.5 Å². The van der Waals surface area contributed by atoms with Gasteiger partial charge in [-0.3, -0.25) is 0 Å². The molecule has 0 saturated heterocycles. The second kappa shape index (κ2) is 6.87. The van der Waals surface area contributed by atoms with Crippen LogP contribution in [0.15, 0.2) is 42.5 Å². The van der Waals surface area contributed by atoms with E-state index in [1.165, 1.54) is 53.7 Å². The van der Waals surface area contributed by atoms with E-state index < -0.39 is 0 Å². The van der Waals surface area contributed by atoms with Gasteiger partial charge in [-0.15, -0.1) is 0 Å². The van der Waals surface area contributed by atoms with E-state index in [4.69, 9.17) is 0 Å². The molecule has 0 aromatic heterocycles. The van der Waals surface area contributed by atoms with Crippen LogP contribution >= 0.6 is 0 Å². The van der Waals surface area contributed by atoms with Gasteiger partial charge in [0.15, 0.2) is 0 Å². The molecule has 0 fully saturated rings. The number of hydrogen-bond acceptors (Lipinski definition) is 2. The van der Waals surface area contributed by atoms with E-state index >= 15 is 0 Å². The topological polar surface area (TPSA) is 15.3 Å². The van der Waals surface area contributed by atoms with E-state index in [0.29, 0.717) is 0 Å². The molecule has 2 aromatic rings. The van der Waals surface area contributed by atoms with E-state index in [-0.39, 0.29) is 0 Å². The summed E-state index contributed by atoms with van der Waals surface area (Å²) in [5, 5.41) is 3.56. The molecule has 116 valence electrons. The van der Waals surface area contributed by atoms with Crippen LogP contribution in [-0.2, 0) is 19.4 Å². The smallest absolute Gasteiger partial charge is 0.0416 e. The first kappa shape index (κ1) is 15.0. The van der Waals surface area contributed by atoms with Gasteiger partial charge in [-0.25, -0.2) is 0 Å². The summed E-state index contributed by atoms with van der Waals surface area (Å²) in [6.45, 7) is 4.27. The standard InChI is InChI=1S/C20H26N2/c1-3-5-16-7-9-17(10-8-16)15-21-19-12-11-18-6-4-13-22(2)20(18)14-19/h7-12,14,21H,3-6,13,15H2,1-2H3. The largest absolute Gasteiger partial charge is 0.381 e. The van der Waals surface area contributed by atoms with E-state index in [0.717, 1.165) is 13.1 Å². The van der Waals surface area contributed by atoms with Gasteiger partial charge >= 0.3 is 0 Å². The Morgan fingerprint density at radius 2 is 1.82 bits per heavy atom. The summed E-state index contributed by atoms with van der Waals surface area (Å²) in [6, 6.07) is 15.8. The van der Waals surface area contributed by atoms with Crippen LogP contribution in [0.3, 0.4) is 0 Å². The van der Waals surface area contributed by atoms with Crippen molar-refractivity contribution in [3.63, 3.8) is 0 Å². The molecule has 1 heterocycles. The van der Waals surface area contributed by atoms with E-state index in [2.05, 4.69) is 66.7 Å². The fourth-order valence-corrected chi connectivity index (χ4v) is 3.18. The molecule has 0 saturated carbocycles. The molecule has 0 radical (unpaired) electrons. The highest BCUT2D eigenvalue weighted by molar-refractivity contribution is 5.63. The molecule has 2 aromatic carbocycles. The Labute approximate surface area is 134 Å². The van der Waals surface area contributed by atoms with Gasteiger partial charge in [0.05, 0.1) is 0 Å². The van der Waals surface area contributed by atoms with Crippen molar-refractivity contribution in [1.29, 1.82) is 0 Å². The van der Waals surface area contributed by atoms with Crippen LogP contribution in [0.4, 0.5) is 11.4 Å². The summed E-state index contributed by atoms with van der Waals surface area (Å²) in [7, 11) is 2.19. The fraction of sp³-hybridized carbons (Fsp3) is 0.400. The zero-order valence-corrected chi connectivity index (χ0v) is 13.7. The third-order valence-electron chi connectivity index (χ3n) is 4.49. The first-order valence-corrected chi connectivity index (χ1v) is 8.42. The van der Waals surface area contributed by atoms with Gasteiger partial charge in [0.1, 0.15) is 0 Å². The molecular formula is C20H26N2. The molecule has 22 heavy (non-hydrogen) atoms. The number of benzene rings is 2. The quantitative estimate of drug-likeness (QED) is 0.864. The monoisotopic (exact) mass is 294 g/mol. The van der Waals surface area contributed by atoms with Crippen molar-refractivity contribution in [2.24, 2.45) is 0 Å². The zero-order valence-electron chi connectivity index (χ0n) is 13.7. The fourth-order valence-electron chi connectivity index (χ4n) is 3.18. The van der Waals surface area contributed by atoms with Gasteiger partial charge in [0.25, 0.3) is 0 Å². The van der Waals surface area contributed by atoms with Crippen LogP contribution in [0, 0.1) is 0 Å². The van der Waals surface area contributed by atoms with Crippen LogP contribution in [-0.4, -0.2) is 13.6 Å². The second-order valence-corrected chi connectivity index (χ2v) is 6.29. The normalized spacial score (nSPS) is 13.8. The molecular weight excluding hydrogens is 268 g/mol. The molecule has 0 amide bonds. The molecule has 2 heteroatoms. The average Bonchev–Trinajstić information content (AvgIpc) is 2.55. The molecule has 0 aliphatic carbocycles. The highest BCUT2D eigenvalue weighted by atomic mass is 15.1. The van der Waals surface area contributed by atoms with Crippen molar-refractivity contribution in [3.8, 4) is 0 Å². The van der Waals surface area contributed by atoms with E-state index in [1.54, 1.807) is 0 Å². The maximum absolute atomic E-state index is 3.56. The Morgan fingerprint density at radius 3 is 2.59 bits per heavy atom. The summed E-state index contributed by atoms with van der Waals surface area (Å²) in [4.78, 5) is 2.36. The first-order chi connectivity index (χ1) is 10.8. The molecule has 1 aliphatic rings. The number of hydrogen-bond donors (Lipinski definition) is 1. The number of fused-ring (bicyclic) bond motifs is 1. The lowest BCUT2D eigenvalue weighted by Gasteiger charge is -2.28. The second-order valence-electron chi connectivity index (χ2n) is 6.29. The van der Waals surface area contributed by atoms with Gasteiger partial charge < -0.3 is 10.2 Å². The van der Waals surface area contributed by atoms with Crippen molar-refractivity contribution in [1.82, 2.24) is 0 Å². The Kier molecular flexibility index (Phi) is 4.67. The van der Waals surface area contributed by atoms with Crippen molar-refractivity contribution in [2.75, 3.05) is 23.8 Å². The Bertz CT molecular complexity index is 616. The highest BCUT2D eigenvalue weighted by Gasteiger charge is 2.13. The molecule has 0 unspecified atom stereocenters. The third-order valence-corrected chi connectivity index (χ3v) is 4.49. The molecule has 1 N–H and O–H groups in total. The number of nitrogens with one attached hydrogen (secondary N) is 1. The number of aryl methyl sites for hydroxylation is 2. The summed E-state index contributed by atoms with van der Waals surface area (Å²) in [5.41, 5.74) is 6.84. The van der Waals surface area contributed by atoms with Crippen LogP contribution < -0.4 is 10.2 Å². The van der Waals surface area contributed by atoms with Crippen LogP contribution in [0.25, 0.3) is 0 Å². The van der Waals surface area contributed by atoms with Gasteiger partial charge in [-0.05, 0) is 48.1 Å². The summed E-state index contributed by atoms with van der Waals surface area (Å²) in [6.07, 6.45) is 4.85. The van der Waals surface area contributed by atoms with Crippen LogP contribution in [0.1, 0.15) is 36.5 Å². The van der Waals surface area contributed by atoms with Crippen molar-refractivity contribution in [2.45, 2.75) is 39.2 Å². The Morgan fingerprint density at radius 1 is 1.05 bits per heavy atom. The summed E-state index contributed by atoms with van der Waals surface area (Å²) >= 11 is 0. The zero-order chi connectivity index (χ0) is 15.4. The van der Waals surface area contributed by atoms with Crippen LogP contribution in [0.5, 0.6) is 0 Å². The lowest BCUT2D eigenvalue weighted by molar-refractivity contribution is 0.744. The lowest BCUT2D eigenvalue weighted by Crippen LogP contribution is -2.24. The maximum atomic E-state index is 3.56. The Hall–Kier alpha value is -1.96. The van der Waals surface area contributed by atoms with Crippen molar-refractivity contribution >= 4 is 11.4 Å². The summed E-state index contributed by atoms with van der Waals surface area (Å²) < 4.78 is 0. The minimum atomic E-state index is 0.884. The molecule has 2 nitrogen and oxygen atoms in total. The third kappa shape index (κ3) is 3.44. The first-order valence-electron chi connectivity index (χ1n) is 8.42. The lowest BCUT2D eigenvalue weighted by atomic mass is 10.0. The van der Waals surface area contributed by atoms with Crippen molar-refractivity contribution < 1.29 is 0 Å². The van der Waals surface area contributed by atoms with Gasteiger partial charge in [0.2, 0.25) is 0 Å². The van der Waals surface area contributed by atoms with Gasteiger partial charge in [-0.2, -0.15) is 0 Å². The summed E-state index contributed by atoms with van der Waals surface area (Å²) in [5.74, 6) is 0. The van der Waals surface area contributed by atoms with E-state index in [1.807, 2.05) is 0 Å². The highest BCUT2D eigenvalue weighted by Crippen LogP contribution is 2.29. The molecule has 0 bridgehead atoms. The minimum absolute atomic E-state index is 0.884. The average molecular weight is 294 g/mol. The molecule has 1 aliphatic heterocycles. The number of rotatable bonds is 5. The SMILES string of the molecule is CCCc1ccc(CNc2ccc3c(c2)N(C)CCC3)cc1. The van der Waals surface area contributed by atoms with Crippen molar-refractivity contribution in [3.05, 3.63) is 59.2 Å². The van der Waals surface area contributed by atoms with E-state index in [9.17, 15) is 0 Å². The minimum Gasteiger partial charge on any atom is -0.381 e. The maximum Gasteiger partial charge on any atom is 0.0416 e. The molecule has 3 rings (SSSR count). The predicted molar refractivity (Wildman–Crippen MR) is 95.8 cm³/mol. The van der Waals surface area contributed by atoms with Gasteiger partial charge in [-0.1, -0.05) is 43.7 Å². The number of nitrogens with zero attached hydrogens (tertiary/aromatic N) is 1. The predicted octanol–water partition coefficient (Wildman–Crippen LogP) is 4.63. The number of anilines is 2. The molecule has 0 atom stereocenters. The Balaban J connectivity index is 1.65.